The molecule has 0 radical (unpaired) electrons. The lowest BCUT2D eigenvalue weighted by Gasteiger charge is -2.35. The summed E-state index contributed by atoms with van der Waals surface area (Å²) in [5.41, 5.74) is 1.46. The molecule has 0 aliphatic carbocycles. The summed E-state index contributed by atoms with van der Waals surface area (Å²) in [6, 6.07) is 11.1. The van der Waals surface area contributed by atoms with Gasteiger partial charge in [0.1, 0.15) is 6.33 Å². The molecule has 1 saturated heterocycles. The molecule has 0 spiro atoms. The van der Waals surface area contributed by atoms with E-state index in [0.29, 0.717) is 43.5 Å². The molecule has 1 aromatic carbocycles. The van der Waals surface area contributed by atoms with Crippen molar-refractivity contribution < 1.29 is 9.32 Å². The van der Waals surface area contributed by atoms with Crippen LogP contribution < -0.4 is 4.90 Å². The number of rotatable bonds is 4. The van der Waals surface area contributed by atoms with Crippen molar-refractivity contribution in [2.75, 3.05) is 31.1 Å². The Hall–Kier alpha value is -4.08. The molecule has 1 fully saturated rings. The fourth-order valence-electron chi connectivity index (χ4n) is 3.52. The molecule has 1 aliphatic heterocycles. The molecule has 0 unspecified atom stereocenters. The van der Waals surface area contributed by atoms with Crippen molar-refractivity contribution in [1.29, 1.82) is 0 Å². The minimum absolute atomic E-state index is 0.0111. The van der Waals surface area contributed by atoms with Crippen molar-refractivity contribution in [3.05, 3.63) is 66.6 Å². The van der Waals surface area contributed by atoms with E-state index in [4.69, 9.17) is 4.52 Å². The van der Waals surface area contributed by atoms with Crippen molar-refractivity contribution in [3.63, 3.8) is 0 Å². The van der Waals surface area contributed by atoms with Crippen molar-refractivity contribution >= 4 is 11.7 Å². The average Bonchev–Trinajstić information content (AvgIpc) is 3.51. The molecule has 0 saturated carbocycles. The first-order valence-corrected chi connectivity index (χ1v) is 9.94. The van der Waals surface area contributed by atoms with E-state index in [0.717, 1.165) is 17.2 Å². The Kier molecular flexibility index (Phi) is 4.87. The third-order valence-corrected chi connectivity index (χ3v) is 5.21. The second-order valence-corrected chi connectivity index (χ2v) is 7.21. The highest BCUT2D eigenvalue weighted by Gasteiger charge is 2.23. The van der Waals surface area contributed by atoms with Crippen LogP contribution in [0.15, 0.2) is 59.6 Å². The maximum atomic E-state index is 12.9. The molecular formula is C21H20N8O2. The smallest absolute Gasteiger partial charge is 0.253 e. The summed E-state index contributed by atoms with van der Waals surface area (Å²) in [6.45, 7) is 4.38. The van der Waals surface area contributed by atoms with Crippen LogP contribution in [0.3, 0.4) is 0 Å². The van der Waals surface area contributed by atoms with Crippen LogP contribution in [0.4, 0.5) is 5.82 Å². The van der Waals surface area contributed by atoms with Gasteiger partial charge in [-0.1, -0.05) is 17.3 Å². The summed E-state index contributed by atoms with van der Waals surface area (Å²) in [4.78, 5) is 25.1. The molecule has 0 bridgehead atoms. The molecule has 0 N–H and O–H groups in total. The Morgan fingerprint density at radius 1 is 0.968 bits per heavy atom. The van der Waals surface area contributed by atoms with E-state index < -0.39 is 0 Å². The highest BCUT2D eigenvalue weighted by molar-refractivity contribution is 5.94. The summed E-state index contributed by atoms with van der Waals surface area (Å²) in [6.07, 6.45) is 5.21. The molecule has 3 aromatic heterocycles. The number of anilines is 1. The number of carbonyl (C=O) groups is 1. The number of benzene rings is 1. The van der Waals surface area contributed by atoms with Crippen LogP contribution in [-0.2, 0) is 0 Å². The minimum Gasteiger partial charge on any atom is -0.352 e. The van der Waals surface area contributed by atoms with E-state index in [-0.39, 0.29) is 5.91 Å². The highest BCUT2D eigenvalue weighted by Crippen LogP contribution is 2.19. The predicted octanol–water partition coefficient (Wildman–Crippen LogP) is 1.98. The topological polar surface area (TPSA) is 106 Å². The average molecular weight is 416 g/mol. The van der Waals surface area contributed by atoms with Gasteiger partial charge in [-0.05, 0) is 24.3 Å². The van der Waals surface area contributed by atoms with Crippen LogP contribution in [-0.4, -0.2) is 66.9 Å². The Morgan fingerprint density at radius 2 is 1.71 bits per heavy atom. The Labute approximate surface area is 178 Å². The summed E-state index contributed by atoms with van der Waals surface area (Å²) >= 11 is 0. The molecule has 1 amide bonds. The van der Waals surface area contributed by atoms with Gasteiger partial charge in [0.15, 0.2) is 11.6 Å². The van der Waals surface area contributed by atoms with E-state index in [1.54, 1.807) is 36.1 Å². The molecule has 10 heteroatoms. The Bertz CT molecular complexity index is 1160. The first-order valence-electron chi connectivity index (χ1n) is 9.94. The number of nitrogens with zero attached hydrogens (tertiary/aromatic N) is 8. The number of hydrogen-bond donors (Lipinski definition) is 0. The summed E-state index contributed by atoms with van der Waals surface area (Å²) in [7, 11) is 0. The van der Waals surface area contributed by atoms with Gasteiger partial charge in [-0.3, -0.25) is 9.36 Å². The van der Waals surface area contributed by atoms with Crippen LogP contribution in [0.5, 0.6) is 0 Å². The lowest BCUT2D eigenvalue weighted by Crippen LogP contribution is -2.49. The number of amides is 1. The molecule has 31 heavy (non-hydrogen) atoms. The van der Waals surface area contributed by atoms with Gasteiger partial charge in [0, 0.05) is 56.6 Å². The van der Waals surface area contributed by atoms with Crippen LogP contribution in [0.2, 0.25) is 0 Å². The second kappa shape index (κ2) is 7.98. The van der Waals surface area contributed by atoms with Crippen molar-refractivity contribution in [2.24, 2.45) is 0 Å². The lowest BCUT2D eigenvalue weighted by atomic mass is 10.1. The first-order chi connectivity index (χ1) is 15.2. The lowest BCUT2D eigenvalue weighted by molar-refractivity contribution is 0.0746. The van der Waals surface area contributed by atoms with Crippen LogP contribution >= 0.6 is 0 Å². The van der Waals surface area contributed by atoms with Gasteiger partial charge < -0.3 is 14.3 Å². The molecular weight excluding hydrogens is 396 g/mol. The number of hydrogen-bond acceptors (Lipinski definition) is 8. The van der Waals surface area contributed by atoms with Crippen LogP contribution in [0.1, 0.15) is 16.2 Å². The zero-order chi connectivity index (χ0) is 21.2. The van der Waals surface area contributed by atoms with E-state index in [9.17, 15) is 4.79 Å². The molecule has 0 atom stereocenters. The quantitative estimate of drug-likeness (QED) is 0.497. The number of carbonyl (C=O) groups excluding carboxylic acids is 1. The molecule has 1 aliphatic rings. The van der Waals surface area contributed by atoms with Crippen molar-refractivity contribution in [3.8, 4) is 17.2 Å². The van der Waals surface area contributed by atoms with Gasteiger partial charge in [0.25, 0.3) is 5.91 Å². The SMILES string of the molecule is Cc1nc(-c2ccc(C(=O)N3CCN(c4ccc(-n5ccnc5)nn4)CC3)cc2)no1. The highest BCUT2D eigenvalue weighted by atomic mass is 16.5. The number of piperazine rings is 1. The van der Waals surface area contributed by atoms with E-state index in [1.807, 2.05) is 35.4 Å². The number of aromatic nitrogens is 6. The Morgan fingerprint density at radius 3 is 2.32 bits per heavy atom. The molecule has 5 rings (SSSR count). The fourth-order valence-corrected chi connectivity index (χ4v) is 3.52. The van der Waals surface area contributed by atoms with Gasteiger partial charge in [-0.25, -0.2) is 4.98 Å². The maximum absolute atomic E-state index is 12.9. The monoisotopic (exact) mass is 416 g/mol. The maximum Gasteiger partial charge on any atom is 0.253 e. The summed E-state index contributed by atoms with van der Waals surface area (Å²) < 4.78 is 6.81. The van der Waals surface area contributed by atoms with Gasteiger partial charge in [0.2, 0.25) is 11.7 Å². The zero-order valence-electron chi connectivity index (χ0n) is 16.9. The summed E-state index contributed by atoms with van der Waals surface area (Å²) in [5, 5.41) is 12.5. The predicted molar refractivity (Wildman–Crippen MR) is 112 cm³/mol. The van der Waals surface area contributed by atoms with Crippen LogP contribution in [0, 0.1) is 6.92 Å². The number of imidazole rings is 1. The summed E-state index contributed by atoms with van der Waals surface area (Å²) in [5.74, 6) is 2.56. The van der Waals surface area contributed by atoms with Gasteiger partial charge in [-0.2, -0.15) is 4.98 Å². The number of aryl methyl sites for hydroxylation is 1. The molecule has 156 valence electrons. The van der Waals surface area contributed by atoms with E-state index >= 15 is 0 Å². The van der Waals surface area contributed by atoms with E-state index in [2.05, 4.69) is 30.2 Å². The van der Waals surface area contributed by atoms with Gasteiger partial charge >= 0.3 is 0 Å². The zero-order valence-corrected chi connectivity index (χ0v) is 16.9. The third-order valence-electron chi connectivity index (χ3n) is 5.21. The third kappa shape index (κ3) is 3.87. The second-order valence-electron chi connectivity index (χ2n) is 7.21. The van der Waals surface area contributed by atoms with Crippen LogP contribution in [0.25, 0.3) is 17.2 Å². The van der Waals surface area contributed by atoms with Gasteiger partial charge in [0.05, 0.1) is 0 Å². The molecule has 4 heterocycles. The van der Waals surface area contributed by atoms with Gasteiger partial charge in [-0.15, -0.1) is 10.2 Å². The first kappa shape index (κ1) is 18.9. The van der Waals surface area contributed by atoms with Crippen molar-refractivity contribution in [2.45, 2.75) is 6.92 Å². The fraction of sp³-hybridized carbons (Fsp3) is 0.238. The molecule has 4 aromatic rings. The largest absolute Gasteiger partial charge is 0.352 e. The standard InChI is InChI=1S/C21H20N8O2/c1-15-23-20(26-31-15)16-2-4-17(5-3-16)21(30)28-12-10-27(11-13-28)18-6-7-19(25-24-18)29-9-8-22-14-29/h2-9,14H,10-13H2,1H3. The molecule has 10 nitrogen and oxygen atoms in total. The minimum atomic E-state index is 0.0111. The normalized spacial score (nSPS) is 14.1. The van der Waals surface area contributed by atoms with Crippen molar-refractivity contribution in [1.82, 2.24) is 34.8 Å². The Balaban J connectivity index is 1.20. The van der Waals surface area contributed by atoms with E-state index in [1.165, 1.54) is 0 Å².